The molecule has 1 saturated carbocycles. The van der Waals surface area contributed by atoms with Gasteiger partial charge in [0.25, 0.3) is 0 Å². The Morgan fingerprint density at radius 1 is 1.46 bits per heavy atom. The summed E-state index contributed by atoms with van der Waals surface area (Å²) in [6, 6.07) is 0.460. The molecule has 13 heavy (non-hydrogen) atoms. The standard InChI is InChI=1S/C10H17N2O/c1-10(6-2-3-7-11-10)9(13)12-8-4-5-8/h8H,2-7H2,1H3,(H,12,13). The second-order valence-electron chi connectivity index (χ2n) is 4.36. The second-order valence-corrected chi connectivity index (χ2v) is 4.36. The summed E-state index contributed by atoms with van der Waals surface area (Å²) >= 11 is 0. The van der Waals surface area contributed by atoms with E-state index in [0.29, 0.717) is 6.04 Å². The molecular formula is C10H17N2O. The average molecular weight is 181 g/mol. The number of hydrogen-bond acceptors (Lipinski definition) is 1. The van der Waals surface area contributed by atoms with Crippen molar-refractivity contribution in [2.24, 2.45) is 0 Å². The zero-order valence-electron chi connectivity index (χ0n) is 8.18. The molecule has 3 nitrogen and oxygen atoms in total. The molecule has 0 aromatic rings. The first-order chi connectivity index (χ1) is 6.21. The van der Waals surface area contributed by atoms with Gasteiger partial charge >= 0.3 is 0 Å². The highest BCUT2D eigenvalue weighted by Crippen LogP contribution is 2.24. The number of hydrogen-bond donors (Lipinski definition) is 1. The SMILES string of the molecule is CC1(C(=O)NC2CC2)CCCC[N]1. The van der Waals surface area contributed by atoms with E-state index in [9.17, 15) is 4.79 Å². The normalized spacial score (nSPS) is 34.2. The topological polar surface area (TPSA) is 43.2 Å². The van der Waals surface area contributed by atoms with Gasteiger partial charge in [-0.05, 0) is 39.0 Å². The average Bonchev–Trinajstić information content (AvgIpc) is 2.89. The lowest BCUT2D eigenvalue weighted by molar-refractivity contribution is -0.128. The van der Waals surface area contributed by atoms with Gasteiger partial charge in [0.05, 0.1) is 0 Å². The van der Waals surface area contributed by atoms with E-state index in [2.05, 4.69) is 10.6 Å². The smallest absolute Gasteiger partial charge is 0.241 e. The predicted octanol–water partition coefficient (Wildman–Crippen LogP) is 0.812. The molecule has 2 aliphatic rings. The fourth-order valence-corrected chi connectivity index (χ4v) is 1.74. The molecule has 1 heterocycles. The molecular weight excluding hydrogens is 164 g/mol. The van der Waals surface area contributed by atoms with Crippen molar-refractivity contribution < 1.29 is 4.79 Å². The molecule has 1 saturated heterocycles. The largest absolute Gasteiger partial charge is 0.352 e. The molecule has 0 aromatic heterocycles. The van der Waals surface area contributed by atoms with E-state index in [1.165, 1.54) is 0 Å². The van der Waals surface area contributed by atoms with E-state index in [0.717, 1.165) is 38.6 Å². The van der Waals surface area contributed by atoms with Crippen molar-refractivity contribution in [2.75, 3.05) is 6.54 Å². The van der Waals surface area contributed by atoms with Gasteiger partial charge in [0.15, 0.2) is 0 Å². The maximum absolute atomic E-state index is 11.8. The van der Waals surface area contributed by atoms with Crippen LogP contribution in [-0.4, -0.2) is 24.0 Å². The molecule has 1 amide bonds. The highest BCUT2D eigenvalue weighted by molar-refractivity contribution is 5.86. The Bertz CT molecular complexity index is 205. The minimum absolute atomic E-state index is 0.148. The lowest BCUT2D eigenvalue weighted by atomic mass is 9.90. The molecule has 0 aromatic carbocycles. The van der Waals surface area contributed by atoms with Crippen LogP contribution in [0.1, 0.15) is 39.0 Å². The Hall–Kier alpha value is -0.570. The molecule has 1 atom stereocenters. The lowest BCUT2D eigenvalue weighted by Crippen LogP contribution is -2.53. The second kappa shape index (κ2) is 3.29. The number of carbonyl (C=O) groups excluding carboxylic acids is 1. The molecule has 73 valence electrons. The van der Waals surface area contributed by atoms with Gasteiger partial charge in [-0.25, -0.2) is 5.32 Å². The molecule has 1 N–H and O–H groups in total. The van der Waals surface area contributed by atoms with Crippen molar-refractivity contribution >= 4 is 5.91 Å². The third-order valence-electron chi connectivity index (χ3n) is 2.93. The van der Waals surface area contributed by atoms with Gasteiger partial charge in [-0.2, -0.15) is 0 Å². The van der Waals surface area contributed by atoms with Crippen molar-refractivity contribution in [1.29, 1.82) is 0 Å². The molecule has 2 fully saturated rings. The summed E-state index contributed by atoms with van der Waals surface area (Å²) in [6.45, 7) is 2.82. The fourth-order valence-electron chi connectivity index (χ4n) is 1.74. The van der Waals surface area contributed by atoms with Crippen molar-refractivity contribution in [1.82, 2.24) is 10.6 Å². The van der Waals surface area contributed by atoms with Gasteiger partial charge in [-0.15, -0.1) is 0 Å². The van der Waals surface area contributed by atoms with Gasteiger partial charge in [-0.1, -0.05) is 0 Å². The third kappa shape index (κ3) is 2.02. The Kier molecular flexibility index (Phi) is 2.28. The lowest BCUT2D eigenvalue weighted by Gasteiger charge is -2.31. The molecule has 1 aliphatic heterocycles. The summed E-state index contributed by atoms with van der Waals surface area (Å²) in [5.74, 6) is 0.148. The highest BCUT2D eigenvalue weighted by atomic mass is 16.2. The van der Waals surface area contributed by atoms with Crippen LogP contribution in [0.15, 0.2) is 0 Å². The zero-order valence-corrected chi connectivity index (χ0v) is 8.18. The van der Waals surface area contributed by atoms with Crippen LogP contribution in [0.25, 0.3) is 0 Å². The number of nitrogens with one attached hydrogen (secondary N) is 1. The fraction of sp³-hybridized carbons (Fsp3) is 0.900. The number of rotatable bonds is 2. The maximum Gasteiger partial charge on any atom is 0.241 e. The van der Waals surface area contributed by atoms with E-state index in [1.807, 2.05) is 6.92 Å². The van der Waals surface area contributed by atoms with Gasteiger partial charge < -0.3 is 5.32 Å². The number of amides is 1. The monoisotopic (exact) mass is 181 g/mol. The van der Waals surface area contributed by atoms with Crippen molar-refractivity contribution in [3.05, 3.63) is 0 Å². The highest BCUT2D eigenvalue weighted by Gasteiger charge is 2.38. The Balaban J connectivity index is 1.90. The molecule has 0 spiro atoms. The number of nitrogens with zero attached hydrogens (tertiary/aromatic N) is 1. The van der Waals surface area contributed by atoms with Gasteiger partial charge in [0.1, 0.15) is 5.54 Å². The van der Waals surface area contributed by atoms with Crippen LogP contribution in [0.3, 0.4) is 0 Å². The van der Waals surface area contributed by atoms with Crippen LogP contribution in [0.5, 0.6) is 0 Å². The van der Waals surface area contributed by atoms with E-state index in [4.69, 9.17) is 0 Å². The van der Waals surface area contributed by atoms with E-state index >= 15 is 0 Å². The molecule has 0 bridgehead atoms. The minimum atomic E-state index is -0.416. The Labute approximate surface area is 79.3 Å². The van der Waals surface area contributed by atoms with Crippen LogP contribution >= 0.6 is 0 Å². The van der Waals surface area contributed by atoms with Crippen molar-refractivity contribution in [2.45, 2.75) is 50.6 Å². The molecule has 1 aliphatic carbocycles. The molecule has 2 rings (SSSR count). The maximum atomic E-state index is 11.8. The summed E-state index contributed by atoms with van der Waals surface area (Å²) in [5, 5.41) is 7.46. The first-order valence-electron chi connectivity index (χ1n) is 5.20. The van der Waals surface area contributed by atoms with Crippen molar-refractivity contribution in [3.63, 3.8) is 0 Å². The van der Waals surface area contributed by atoms with Gasteiger partial charge in [-0.3, -0.25) is 4.79 Å². The Morgan fingerprint density at radius 3 is 2.77 bits per heavy atom. The van der Waals surface area contributed by atoms with Crippen LogP contribution < -0.4 is 10.6 Å². The summed E-state index contributed by atoms with van der Waals surface area (Å²) in [7, 11) is 0. The molecule has 1 radical (unpaired) electrons. The summed E-state index contributed by atoms with van der Waals surface area (Å²) < 4.78 is 0. The van der Waals surface area contributed by atoms with E-state index in [1.54, 1.807) is 0 Å². The van der Waals surface area contributed by atoms with Crippen molar-refractivity contribution in [3.8, 4) is 0 Å². The van der Waals surface area contributed by atoms with Gasteiger partial charge in [0, 0.05) is 12.6 Å². The van der Waals surface area contributed by atoms with Gasteiger partial charge in [0.2, 0.25) is 5.91 Å². The van der Waals surface area contributed by atoms with E-state index < -0.39 is 5.54 Å². The third-order valence-corrected chi connectivity index (χ3v) is 2.93. The van der Waals surface area contributed by atoms with Crippen LogP contribution in [0, 0.1) is 0 Å². The predicted molar refractivity (Wildman–Crippen MR) is 50.4 cm³/mol. The summed E-state index contributed by atoms with van der Waals surface area (Å²) in [5.41, 5.74) is -0.416. The molecule has 3 heteroatoms. The van der Waals surface area contributed by atoms with Crippen LogP contribution in [0.4, 0.5) is 0 Å². The molecule has 1 unspecified atom stereocenters. The zero-order chi connectivity index (χ0) is 9.31. The Morgan fingerprint density at radius 2 is 2.23 bits per heavy atom. The summed E-state index contributed by atoms with van der Waals surface area (Å²) in [6.07, 6.45) is 5.51. The van der Waals surface area contributed by atoms with Crippen LogP contribution in [0.2, 0.25) is 0 Å². The first-order valence-corrected chi connectivity index (χ1v) is 5.20. The summed E-state index contributed by atoms with van der Waals surface area (Å²) in [4.78, 5) is 11.8. The van der Waals surface area contributed by atoms with Crippen LogP contribution in [-0.2, 0) is 4.79 Å². The quantitative estimate of drug-likeness (QED) is 0.673. The van der Waals surface area contributed by atoms with E-state index in [-0.39, 0.29) is 5.91 Å². The number of piperidine rings is 1. The first kappa shape index (κ1) is 9.00. The minimum Gasteiger partial charge on any atom is -0.352 e. The number of carbonyl (C=O) groups is 1.